The SMILES string of the molecule is CCNC(=NCc1ccc(S(=O)(=O)N(C)C)s1)N1CCC(OCC)CC1.I. The van der Waals surface area contributed by atoms with Gasteiger partial charge in [0.25, 0.3) is 10.0 Å². The summed E-state index contributed by atoms with van der Waals surface area (Å²) in [7, 11) is -0.286. The molecule has 0 atom stereocenters. The Morgan fingerprint density at radius 1 is 1.33 bits per heavy atom. The molecule has 2 heterocycles. The number of ether oxygens (including phenoxy) is 1. The van der Waals surface area contributed by atoms with Crippen molar-refractivity contribution in [3.05, 3.63) is 17.0 Å². The van der Waals surface area contributed by atoms with Crippen molar-refractivity contribution < 1.29 is 13.2 Å². The molecule has 0 unspecified atom stereocenters. The first-order valence-corrected chi connectivity index (χ1v) is 11.3. The molecule has 0 bridgehead atoms. The molecule has 1 aromatic rings. The number of hydrogen-bond acceptors (Lipinski definition) is 5. The van der Waals surface area contributed by atoms with E-state index in [2.05, 4.69) is 17.1 Å². The van der Waals surface area contributed by atoms with E-state index < -0.39 is 10.0 Å². The molecule has 7 nitrogen and oxygen atoms in total. The van der Waals surface area contributed by atoms with E-state index in [9.17, 15) is 8.42 Å². The summed E-state index contributed by atoms with van der Waals surface area (Å²) in [6.07, 6.45) is 2.35. The molecule has 27 heavy (non-hydrogen) atoms. The molecule has 2 rings (SSSR count). The summed E-state index contributed by atoms with van der Waals surface area (Å²) in [6.45, 7) is 7.95. The van der Waals surface area contributed by atoms with Crippen LogP contribution >= 0.6 is 35.3 Å². The van der Waals surface area contributed by atoms with Gasteiger partial charge in [0, 0.05) is 45.2 Å². The van der Waals surface area contributed by atoms with Crippen LogP contribution in [0.3, 0.4) is 0 Å². The molecule has 1 aliphatic heterocycles. The van der Waals surface area contributed by atoms with E-state index in [1.54, 1.807) is 20.2 Å². The van der Waals surface area contributed by atoms with Gasteiger partial charge in [-0.15, -0.1) is 35.3 Å². The Morgan fingerprint density at radius 3 is 2.56 bits per heavy atom. The van der Waals surface area contributed by atoms with Crippen molar-refractivity contribution in [2.24, 2.45) is 4.99 Å². The molecule has 1 N–H and O–H groups in total. The predicted octanol–water partition coefficient (Wildman–Crippen LogP) is 2.58. The summed E-state index contributed by atoms with van der Waals surface area (Å²) in [4.78, 5) is 7.90. The van der Waals surface area contributed by atoms with Gasteiger partial charge in [-0.05, 0) is 38.8 Å². The van der Waals surface area contributed by atoms with E-state index in [4.69, 9.17) is 9.73 Å². The fraction of sp³-hybridized carbons (Fsp3) is 0.706. The van der Waals surface area contributed by atoms with Crippen LogP contribution in [0.1, 0.15) is 31.6 Å². The van der Waals surface area contributed by atoms with Gasteiger partial charge in [0.1, 0.15) is 4.21 Å². The Morgan fingerprint density at radius 2 is 2.00 bits per heavy atom. The fourth-order valence-electron chi connectivity index (χ4n) is 2.81. The lowest BCUT2D eigenvalue weighted by Crippen LogP contribution is -2.47. The molecule has 1 aliphatic rings. The zero-order valence-electron chi connectivity index (χ0n) is 16.5. The highest BCUT2D eigenvalue weighted by molar-refractivity contribution is 14.0. The van der Waals surface area contributed by atoms with Gasteiger partial charge < -0.3 is 15.0 Å². The second-order valence-electron chi connectivity index (χ2n) is 6.32. The maximum absolute atomic E-state index is 12.2. The highest BCUT2D eigenvalue weighted by atomic mass is 127. The number of rotatable bonds is 7. The molecule has 0 saturated carbocycles. The summed E-state index contributed by atoms with van der Waals surface area (Å²) >= 11 is 1.28. The van der Waals surface area contributed by atoms with Crippen molar-refractivity contribution in [1.82, 2.24) is 14.5 Å². The predicted molar refractivity (Wildman–Crippen MR) is 122 cm³/mol. The van der Waals surface area contributed by atoms with Crippen molar-refractivity contribution >= 4 is 51.3 Å². The number of nitrogens with zero attached hydrogens (tertiary/aromatic N) is 3. The third-order valence-corrected chi connectivity index (χ3v) is 7.59. The topological polar surface area (TPSA) is 74.2 Å². The van der Waals surface area contributed by atoms with Crippen LogP contribution in [0.2, 0.25) is 0 Å². The number of halogens is 1. The zero-order valence-corrected chi connectivity index (χ0v) is 20.4. The van der Waals surface area contributed by atoms with Gasteiger partial charge in [-0.25, -0.2) is 17.7 Å². The average Bonchev–Trinajstić information content (AvgIpc) is 3.09. The van der Waals surface area contributed by atoms with Gasteiger partial charge in [0.05, 0.1) is 12.6 Å². The van der Waals surface area contributed by atoms with Crippen LogP contribution < -0.4 is 5.32 Å². The summed E-state index contributed by atoms with van der Waals surface area (Å²) in [5.74, 6) is 0.882. The zero-order chi connectivity index (χ0) is 19.2. The van der Waals surface area contributed by atoms with Gasteiger partial charge in [-0.3, -0.25) is 0 Å². The smallest absolute Gasteiger partial charge is 0.252 e. The average molecular weight is 530 g/mol. The molecule has 1 saturated heterocycles. The molecule has 0 amide bonds. The molecule has 0 radical (unpaired) electrons. The summed E-state index contributed by atoms with van der Waals surface area (Å²) in [5.41, 5.74) is 0. The lowest BCUT2D eigenvalue weighted by atomic mass is 10.1. The second-order valence-corrected chi connectivity index (χ2v) is 9.87. The van der Waals surface area contributed by atoms with Crippen LogP contribution in [-0.2, 0) is 21.3 Å². The van der Waals surface area contributed by atoms with Crippen LogP contribution in [0.4, 0.5) is 0 Å². The molecule has 10 heteroatoms. The first kappa shape index (κ1) is 24.6. The van der Waals surface area contributed by atoms with Crippen molar-refractivity contribution in [3.8, 4) is 0 Å². The van der Waals surface area contributed by atoms with Gasteiger partial charge in [0.2, 0.25) is 0 Å². The van der Waals surface area contributed by atoms with Crippen LogP contribution in [0, 0.1) is 0 Å². The lowest BCUT2D eigenvalue weighted by Gasteiger charge is -2.34. The first-order valence-electron chi connectivity index (χ1n) is 9.04. The summed E-state index contributed by atoms with van der Waals surface area (Å²) < 4.78 is 31.7. The van der Waals surface area contributed by atoms with Crippen molar-refractivity contribution in [2.45, 2.75) is 43.5 Å². The van der Waals surface area contributed by atoms with Crippen LogP contribution in [-0.4, -0.2) is 70.0 Å². The molecular formula is C17H31IN4O3S2. The molecule has 156 valence electrons. The number of guanidine groups is 1. The van der Waals surface area contributed by atoms with Gasteiger partial charge in [0.15, 0.2) is 5.96 Å². The number of aliphatic imine (C=N–C) groups is 1. The molecule has 1 fully saturated rings. The van der Waals surface area contributed by atoms with Crippen LogP contribution in [0.15, 0.2) is 21.3 Å². The second kappa shape index (κ2) is 11.5. The maximum Gasteiger partial charge on any atom is 0.252 e. The van der Waals surface area contributed by atoms with E-state index in [0.29, 0.717) is 16.9 Å². The quantitative estimate of drug-likeness (QED) is 0.334. The number of piperidine rings is 1. The molecular weight excluding hydrogens is 499 g/mol. The Hall–Kier alpha value is -0.430. The number of hydrogen-bond donors (Lipinski definition) is 1. The molecule has 0 aliphatic carbocycles. The molecule has 1 aromatic heterocycles. The minimum absolute atomic E-state index is 0. The third-order valence-electron chi connectivity index (χ3n) is 4.24. The summed E-state index contributed by atoms with van der Waals surface area (Å²) in [5, 5.41) is 3.34. The van der Waals surface area contributed by atoms with Gasteiger partial charge >= 0.3 is 0 Å². The number of likely N-dealkylation sites (tertiary alicyclic amines) is 1. The minimum atomic E-state index is -3.37. The van der Waals surface area contributed by atoms with E-state index >= 15 is 0 Å². The van der Waals surface area contributed by atoms with E-state index in [0.717, 1.165) is 49.9 Å². The number of nitrogens with one attached hydrogen (secondary N) is 1. The van der Waals surface area contributed by atoms with Crippen molar-refractivity contribution in [3.63, 3.8) is 0 Å². The minimum Gasteiger partial charge on any atom is -0.378 e. The lowest BCUT2D eigenvalue weighted by molar-refractivity contribution is 0.0263. The monoisotopic (exact) mass is 530 g/mol. The Bertz CT molecular complexity index is 699. The Kier molecular flexibility index (Phi) is 10.5. The van der Waals surface area contributed by atoms with Gasteiger partial charge in [-0.1, -0.05) is 0 Å². The summed E-state index contributed by atoms with van der Waals surface area (Å²) in [6, 6.07) is 3.50. The first-order chi connectivity index (χ1) is 12.4. The number of thiophene rings is 1. The van der Waals surface area contributed by atoms with Crippen molar-refractivity contribution in [1.29, 1.82) is 0 Å². The fourth-order valence-corrected chi connectivity index (χ4v) is 5.26. The Balaban J connectivity index is 0.00000364. The van der Waals surface area contributed by atoms with E-state index in [1.165, 1.54) is 15.6 Å². The highest BCUT2D eigenvalue weighted by Gasteiger charge is 2.22. The van der Waals surface area contributed by atoms with Gasteiger partial charge in [-0.2, -0.15) is 0 Å². The molecule has 0 aromatic carbocycles. The normalized spacial score (nSPS) is 16.5. The largest absolute Gasteiger partial charge is 0.378 e. The standard InChI is InChI=1S/C17H30N4O3S2.HI/c1-5-18-17(21-11-9-14(10-12-21)24-6-2)19-13-15-7-8-16(25-15)26(22,23)20(3)4;/h7-8,14H,5-6,9-13H2,1-4H3,(H,18,19);1H. The number of sulfonamides is 1. The molecule has 0 spiro atoms. The Labute approximate surface area is 184 Å². The van der Waals surface area contributed by atoms with E-state index in [-0.39, 0.29) is 24.0 Å². The van der Waals surface area contributed by atoms with Crippen LogP contribution in [0.25, 0.3) is 0 Å². The van der Waals surface area contributed by atoms with Crippen molar-refractivity contribution in [2.75, 3.05) is 40.3 Å². The van der Waals surface area contributed by atoms with E-state index in [1.807, 2.05) is 13.0 Å². The highest BCUT2D eigenvalue weighted by Crippen LogP contribution is 2.24. The maximum atomic E-state index is 12.2. The third kappa shape index (κ3) is 6.84. The van der Waals surface area contributed by atoms with Crippen LogP contribution in [0.5, 0.6) is 0 Å².